The van der Waals surface area contributed by atoms with E-state index >= 15 is 4.39 Å². The number of carbonyl (C=O) groups excluding carboxylic acids is 1. The quantitative estimate of drug-likeness (QED) is 0.123. The second-order valence-electron chi connectivity index (χ2n) is 9.28. The van der Waals surface area contributed by atoms with Gasteiger partial charge < -0.3 is 4.74 Å². The summed E-state index contributed by atoms with van der Waals surface area (Å²) in [5.74, 6) is -5.42. The smallest absolute Gasteiger partial charge is 0.338 e. The molecule has 1 fully saturated rings. The fourth-order valence-electron chi connectivity index (χ4n) is 5.04. The number of ether oxygens (including phenoxy) is 1. The summed E-state index contributed by atoms with van der Waals surface area (Å²) < 4.78 is 60.8. The lowest BCUT2D eigenvalue weighted by molar-refractivity contribution is 0.0149. The van der Waals surface area contributed by atoms with Gasteiger partial charge in [0.15, 0.2) is 11.6 Å². The zero-order valence-corrected chi connectivity index (χ0v) is 21.0. The van der Waals surface area contributed by atoms with Crippen molar-refractivity contribution in [3.8, 4) is 0 Å². The third-order valence-electron chi connectivity index (χ3n) is 6.88. The average Bonchev–Trinajstić information content (AvgIpc) is 2.86. The highest BCUT2D eigenvalue weighted by Gasteiger charge is 2.32. The Bertz CT molecular complexity index is 930. The molecule has 0 spiro atoms. The van der Waals surface area contributed by atoms with E-state index in [0.717, 1.165) is 51.4 Å². The summed E-state index contributed by atoms with van der Waals surface area (Å²) >= 11 is 0.0295. The van der Waals surface area contributed by atoms with E-state index in [1.165, 1.54) is 12.1 Å². The van der Waals surface area contributed by atoms with Gasteiger partial charge in [0.25, 0.3) is 5.76 Å². The van der Waals surface area contributed by atoms with Gasteiger partial charge in [-0.3, -0.25) is 0 Å². The molecular formula is C28H34F4O2S. The number of esters is 1. The van der Waals surface area contributed by atoms with Gasteiger partial charge in [-0.15, -0.1) is 0 Å². The first-order valence-corrected chi connectivity index (χ1v) is 13.5. The van der Waals surface area contributed by atoms with Crippen LogP contribution in [0.15, 0.2) is 47.4 Å². The molecule has 1 aliphatic carbocycles. The number of hydrogen-bond acceptors (Lipinski definition) is 3. The van der Waals surface area contributed by atoms with Gasteiger partial charge in [0.05, 0.1) is 10.5 Å². The molecule has 0 heterocycles. The lowest BCUT2D eigenvalue weighted by atomic mass is 9.73. The van der Waals surface area contributed by atoms with E-state index in [9.17, 15) is 18.0 Å². The zero-order chi connectivity index (χ0) is 25.2. The number of halogens is 4. The first kappa shape index (κ1) is 27.6. The highest BCUT2D eigenvalue weighted by atomic mass is 32.2. The van der Waals surface area contributed by atoms with E-state index in [1.54, 1.807) is 24.3 Å². The van der Waals surface area contributed by atoms with E-state index in [0.29, 0.717) is 18.4 Å². The molecule has 35 heavy (non-hydrogen) atoms. The number of unbranched alkanes of at least 4 members (excludes halogenated alkanes) is 4. The van der Waals surface area contributed by atoms with Gasteiger partial charge in [-0.25, -0.2) is 13.6 Å². The molecule has 0 aliphatic heterocycles. The third-order valence-corrected chi connectivity index (χ3v) is 7.63. The van der Waals surface area contributed by atoms with Crippen LogP contribution in [0.3, 0.4) is 0 Å². The normalized spacial score (nSPS) is 19.0. The van der Waals surface area contributed by atoms with Crippen molar-refractivity contribution in [2.45, 2.75) is 93.8 Å². The van der Waals surface area contributed by atoms with Crippen LogP contribution in [0.25, 0.3) is 0 Å². The van der Waals surface area contributed by atoms with Crippen molar-refractivity contribution in [3.63, 3.8) is 0 Å². The second-order valence-corrected chi connectivity index (χ2v) is 10.3. The first-order chi connectivity index (χ1) is 16.9. The van der Waals surface area contributed by atoms with Gasteiger partial charge in [0.2, 0.25) is 0 Å². The van der Waals surface area contributed by atoms with E-state index in [2.05, 4.69) is 6.92 Å². The van der Waals surface area contributed by atoms with Crippen LogP contribution >= 0.6 is 11.8 Å². The van der Waals surface area contributed by atoms with Crippen LogP contribution < -0.4 is 0 Å². The molecular weight excluding hydrogens is 476 g/mol. The topological polar surface area (TPSA) is 26.3 Å². The summed E-state index contributed by atoms with van der Waals surface area (Å²) in [6.45, 7) is 2.14. The molecule has 0 amide bonds. The Kier molecular flexibility index (Phi) is 11.0. The largest absolute Gasteiger partial charge is 0.459 e. The van der Waals surface area contributed by atoms with E-state index in [4.69, 9.17) is 4.74 Å². The van der Waals surface area contributed by atoms with Crippen molar-refractivity contribution in [2.75, 3.05) is 0 Å². The Labute approximate surface area is 209 Å². The van der Waals surface area contributed by atoms with Crippen molar-refractivity contribution < 1.29 is 27.1 Å². The minimum atomic E-state index is -2.81. The van der Waals surface area contributed by atoms with Crippen LogP contribution in [0.1, 0.15) is 93.0 Å². The maximum absolute atomic E-state index is 15.1. The lowest BCUT2D eigenvalue weighted by Crippen LogP contribution is -2.27. The van der Waals surface area contributed by atoms with E-state index in [1.807, 2.05) is 6.07 Å². The van der Waals surface area contributed by atoms with Crippen molar-refractivity contribution in [3.05, 3.63) is 65.2 Å². The SMILES string of the molecule is CCCCCCCC(c1ccc(SC(F)F)c(F)c1F)C1CCC(OC(=O)c2ccccc2)CC1. The third kappa shape index (κ3) is 7.99. The Morgan fingerprint density at radius 1 is 0.943 bits per heavy atom. The predicted octanol–water partition coefficient (Wildman–Crippen LogP) is 9.14. The molecule has 1 atom stereocenters. The molecule has 0 saturated heterocycles. The van der Waals surface area contributed by atoms with Crippen molar-refractivity contribution in [1.29, 1.82) is 0 Å². The maximum Gasteiger partial charge on any atom is 0.338 e. The molecule has 1 aliphatic rings. The molecule has 3 rings (SSSR count). The molecule has 2 aromatic rings. The average molecular weight is 511 g/mol. The molecule has 1 unspecified atom stereocenters. The van der Waals surface area contributed by atoms with Crippen LogP contribution in [-0.2, 0) is 4.74 Å². The molecule has 192 valence electrons. The van der Waals surface area contributed by atoms with Crippen molar-refractivity contribution in [2.24, 2.45) is 5.92 Å². The van der Waals surface area contributed by atoms with Crippen molar-refractivity contribution in [1.82, 2.24) is 0 Å². The summed E-state index contributed by atoms with van der Waals surface area (Å²) in [5.41, 5.74) is 0.792. The van der Waals surface area contributed by atoms with Gasteiger partial charge in [0, 0.05) is 0 Å². The van der Waals surface area contributed by atoms with E-state index in [-0.39, 0.29) is 46.1 Å². The second kappa shape index (κ2) is 13.9. The summed E-state index contributed by atoms with van der Waals surface area (Å²) in [5, 5.41) is 0. The standard InChI is InChI=1S/C28H34F4O2S/c1-2-3-4-5-9-12-22(23-17-18-24(35-28(31)32)26(30)25(23)29)19-13-15-21(16-14-19)34-27(33)20-10-7-6-8-11-20/h6-8,10-11,17-19,21-22,28H,2-5,9,12-16H2,1H3. The Morgan fingerprint density at radius 2 is 1.63 bits per heavy atom. The van der Waals surface area contributed by atoms with Gasteiger partial charge >= 0.3 is 5.97 Å². The summed E-state index contributed by atoms with van der Waals surface area (Å²) in [6, 6.07) is 11.6. The predicted molar refractivity (Wildman–Crippen MR) is 132 cm³/mol. The molecule has 0 N–H and O–H groups in total. The zero-order valence-electron chi connectivity index (χ0n) is 20.2. The number of hydrogen-bond donors (Lipinski definition) is 0. The lowest BCUT2D eigenvalue weighted by Gasteiger charge is -2.34. The van der Waals surface area contributed by atoms with Crippen molar-refractivity contribution >= 4 is 17.7 Å². The Balaban J connectivity index is 1.68. The fourth-order valence-corrected chi connectivity index (χ4v) is 5.57. The van der Waals surface area contributed by atoms with Gasteiger partial charge in [0.1, 0.15) is 6.10 Å². The monoisotopic (exact) mass is 510 g/mol. The Morgan fingerprint density at radius 3 is 2.29 bits per heavy atom. The van der Waals surface area contributed by atoms with Gasteiger partial charge in [-0.1, -0.05) is 75.1 Å². The van der Waals surface area contributed by atoms with Crippen LogP contribution in [0, 0.1) is 17.6 Å². The summed E-state index contributed by atoms with van der Waals surface area (Å²) in [4.78, 5) is 12.0. The minimum absolute atomic E-state index is 0.0295. The number of alkyl halides is 2. The molecule has 0 bridgehead atoms. The van der Waals surface area contributed by atoms with Gasteiger partial charge in [-0.2, -0.15) is 8.78 Å². The van der Waals surface area contributed by atoms with Crippen LogP contribution in [-0.4, -0.2) is 17.8 Å². The molecule has 2 nitrogen and oxygen atoms in total. The fraction of sp³-hybridized carbons (Fsp3) is 0.536. The molecule has 7 heteroatoms. The van der Waals surface area contributed by atoms with E-state index < -0.39 is 17.4 Å². The molecule has 0 aromatic heterocycles. The molecule has 0 radical (unpaired) electrons. The van der Waals surface area contributed by atoms with Crippen LogP contribution in [0.2, 0.25) is 0 Å². The molecule has 2 aromatic carbocycles. The number of carbonyl (C=O) groups is 1. The maximum atomic E-state index is 15.1. The first-order valence-electron chi connectivity index (χ1n) is 12.6. The van der Waals surface area contributed by atoms with Crippen LogP contribution in [0.4, 0.5) is 17.6 Å². The minimum Gasteiger partial charge on any atom is -0.459 e. The number of thioether (sulfide) groups is 1. The Hall–Kier alpha value is -2.02. The highest BCUT2D eigenvalue weighted by molar-refractivity contribution is 7.99. The summed E-state index contributed by atoms with van der Waals surface area (Å²) in [6.07, 6.45) is 8.63. The van der Waals surface area contributed by atoms with Crippen LogP contribution in [0.5, 0.6) is 0 Å². The summed E-state index contributed by atoms with van der Waals surface area (Å²) in [7, 11) is 0. The highest BCUT2D eigenvalue weighted by Crippen LogP contribution is 2.42. The molecule has 1 saturated carbocycles. The van der Waals surface area contributed by atoms with Gasteiger partial charge in [-0.05, 0) is 67.7 Å². The number of rotatable bonds is 12. The number of benzene rings is 2.